The molecule has 1 aromatic carbocycles. The molecule has 6 nitrogen and oxygen atoms in total. The second-order valence-electron chi connectivity index (χ2n) is 6.78. The molecule has 1 aromatic heterocycles. The third-order valence-electron chi connectivity index (χ3n) is 4.65. The fourth-order valence-corrected chi connectivity index (χ4v) is 4.55. The number of amides is 1. The monoisotopic (exact) mass is 375 g/mol. The van der Waals surface area contributed by atoms with Gasteiger partial charge >= 0.3 is 0 Å². The van der Waals surface area contributed by atoms with Crippen LogP contribution in [-0.4, -0.2) is 47.6 Å². The van der Waals surface area contributed by atoms with Crippen LogP contribution >= 0.6 is 0 Å². The van der Waals surface area contributed by atoms with Crippen LogP contribution in [0.2, 0.25) is 0 Å². The van der Waals surface area contributed by atoms with Crippen molar-refractivity contribution in [3.8, 4) is 0 Å². The molecule has 1 aliphatic rings. The van der Waals surface area contributed by atoms with E-state index in [-0.39, 0.29) is 11.7 Å². The minimum Gasteiger partial charge on any atom is -0.342 e. The van der Waals surface area contributed by atoms with Crippen molar-refractivity contribution in [2.24, 2.45) is 0 Å². The summed E-state index contributed by atoms with van der Waals surface area (Å²) < 4.78 is 26.9. The van der Waals surface area contributed by atoms with Gasteiger partial charge in [0.2, 0.25) is 5.91 Å². The Morgan fingerprint density at radius 1 is 1.04 bits per heavy atom. The molecule has 0 spiro atoms. The van der Waals surface area contributed by atoms with Crippen molar-refractivity contribution in [1.29, 1.82) is 0 Å². The summed E-state index contributed by atoms with van der Waals surface area (Å²) in [5, 5.41) is 0. The highest BCUT2D eigenvalue weighted by Crippen LogP contribution is 2.13. The zero-order valence-corrected chi connectivity index (χ0v) is 15.7. The van der Waals surface area contributed by atoms with Crippen molar-refractivity contribution >= 4 is 15.7 Å². The predicted octanol–water partition coefficient (Wildman–Crippen LogP) is 2.25. The van der Waals surface area contributed by atoms with E-state index in [1.54, 1.807) is 17.3 Å². The molecule has 0 bridgehead atoms. The zero-order chi connectivity index (χ0) is 18.4. The van der Waals surface area contributed by atoms with Crippen molar-refractivity contribution in [2.75, 3.05) is 18.8 Å². The molecule has 1 fully saturated rings. The minimum absolute atomic E-state index is 0.216. The van der Waals surface area contributed by atoms with E-state index in [1.807, 2.05) is 34.9 Å². The van der Waals surface area contributed by atoms with Gasteiger partial charge in [-0.2, -0.15) is 0 Å². The lowest BCUT2D eigenvalue weighted by atomic mass is 10.2. The summed E-state index contributed by atoms with van der Waals surface area (Å²) in [5.41, 5.74) is 1.07. The average molecular weight is 375 g/mol. The number of benzene rings is 1. The smallest absolute Gasteiger partial charge is 0.237 e. The Labute approximate surface area is 154 Å². The number of imidazole rings is 1. The number of nitrogens with zero attached hydrogens (tertiary/aromatic N) is 3. The first-order chi connectivity index (χ1) is 12.5. The molecule has 7 heteroatoms. The van der Waals surface area contributed by atoms with E-state index in [1.165, 1.54) is 0 Å². The molecule has 1 aliphatic heterocycles. The molecular formula is C19H25N3O3S. The molecule has 140 valence electrons. The lowest BCUT2D eigenvalue weighted by molar-refractivity contribution is -0.128. The number of aromatic nitrogens is 2. The summed E-state index contributed by atoms with van der Waals surface area (Å²) in [7, 11) is -3.55. The number of hydrogen-bond acceptors (Lipinski definition) is 4. The second-order valence-corrected chi connectivity index (χ2v) is 8.85. The number of sulfone groups is 1. The first-order valence-electron chi connectivity index (χ1n) is 9.06. The van der Waals surface area contributed by atoms with Gasteiger partial charge in [0.25, 0.3) is 0 Å². The normalized spacial score (nSPS) is 15.6. The van der Waals surface area contributed by atoms with Crippen LogP contribution in [0.3, 0.4) is 0 Å². The van der Waals surface area contributed by atoms with Crippen molar-refractivity contribution in [3.63, 3.8) is 0 Å². The number of rotatable bonds is 6. The van der Waals surface area contributed by atoms with Gasteiger partial charge in [-0.25, -0.2) is 13.4 Å². The first kappa shape index (κ1) is 18.6. The van der Waals surface area contributed by atoms with E-state index in [0.29, 0.717) is 25.5 Å². The molecule has 0 aliphatic carbocycles. The van der Waals surface area contributed by atoms with E-state index in [0.717, 1.165) is 31.2 Å². The molecule has 1 saturated heterocycles. The Morgan fingerprint density at radius 3 is 2.42 bits per heavy atom. The second kappa shape index (κ2) is 8.49. The molecule has 3 rings (SSSR count). The fraction of sp³-hybridized carbons (Fsp3) is 0.474. The lowest BCUT2D eigenvalue weighted by Gasteiger charge is -2.20. The van der Waals surface area contributed by atoms with Crippen LogP contribution in [0.15, 0.2) is 42.7 Å². The van der Waals surface area contributed by atoms with Crippen LogP contribution in [-0.2, 0) is 26.9 Å². The Morgan fingerprint density at radius 2 is 1.73 bits per heavy atom. The Hall–Kier alpha value is -2.15. The molecule has 0 unspecified atom stereocenters. The van der Waals surface area contributed by atoms with Gasteiger partial charge in [0, 0.05) is 32.0 Å². The third-order valence-corrected chi connectivity index (χ3v) is 6.03. The Balaban J connectivity index is 1.64. The van der Waals surface area contributed by atoms with Crippen LogP contribution in [0, 0.1) is 0 Å². The highest BCUT2D eigenvalue weighted by Gasteiger charge is 2.24. The van der Waals surface area contributed by atoms with Gasteiger partial charge in [0.15, 0.2) is 9.84 Å². The number of likely N-dealkylation sites (tertiary alicyclic amines) is 1. The molecule has 2 aromatic rings. The highest BCUT2D eigenvalue weighted by atomic mass is 32.2. The summed E-state index contributed by atoms with van der Waals surface area (Å²) in [6.45, 7) is 1.89. The summed E-state index contributed by atoms with van der Waals surface area (Å²) in [6.07, 6.45) is 7.49. The molecule has 0 radical (unpaired) electrons. The first-order valence-corrected chi connectivity index (χ1v) is 10.9. The van der Waals surface area contributed by atoms with E-state index < -0.39 is 15.6 Å². The van der Waals surface area contributed by atoms with Crippen LogP contribution in [0.4, 0.5) is 0 Å². The van der Waals surface area contributed by atoms with Crippen LogP contribution in [0.25, 0.3) is 0 Å². The van der Waals surface area contributed by atoms with Crippen molar-refractivity contribution in [1.82, 2.24) is 14.5 Å². The topological polar surface area (TPSA) is 72.3 Å². The average Bonchev–Trinajstić information content (AvgIpc) is 2.86. The molecular weight excluding hydrogens is 350 g/mol. The van der Waals surface area contributed by atoms with Crippen LogP contribution in [0.1, 0.15) is 37.1 Å². The zero-order valence-electron chi connectivity index (χ0n) is 14.9. The summed E-state index contributed by atoms with van der Waals surface area (Å²) in [4.78, 5) is 18.3. The van der Waals surface area contributed by atoms with Gasteiger partial charge in [-0.05, 0) is 18.4 Å². The van der Waals surface area contributed by atoms with Crippen molar-refractivity contribution < 1.29 is 13.2 Å². The standard InChI is InChI=1S/C19H25N3O3S/c23-19(21-11-6-1-2-7-12-21)16-26(24,25)15-18-20-10-13-22(18)14-17-8-4-3-5-9-17/h3-5,8-10,13H,1-2,6-7,11-12,14-16H2. The Bertz CT molecular complexity index is 823. The minimum atomic E-state index is -3.55. The maximum atomic E-state index is 12.5. The molecule has 2 heterocycles. The molecule has 26 heavy (non-hydrogen) atoms. The SMILES string of the molecule is O=C(CS(=O)(=O)Cc1nccn1Cc1ccccc1)N1CCCCCC1. The van der Waals surface area contributed by atoms with E-state index in [2.05, 4.69) is 4.98 Å². The largest absolute Gasteiger partial charge is 0.342 e. The van der Waals surface area contributed by atoms with Crippen LogP contribution in [0.5, 0.6) is 0 Å². The molecule has 0 saturated carbocycles. The molecule has 1 amide bonds. The number of carbonyl (C=O) groups excluding carboxylic acids is 1. The van der Waals surface area contributed by atoms with Gasteiger partial charge in [-0.15, -0.1) is 0 Å². The highest BCUT2D eigenvalue weighted by molar-refractivity contribution is 7.91. The van der Waals surface area contributed by atoms with Crippen molar-refractivity contribution in [3.05, 3.63) is 54.1 Å². The maximum Gasteiger partial charge on any atom is 0.237 e. The molecule has 0 N–H and O–H groups in total. The summed E-state index contributed by atoms with van der Waals surface area (Å²) in [6, 6.07) is 9.81. The third kappa shape index (κ3) is 5.17. The van der Waals surface area contributed by atoms with E-state index >= 15 is 0 Å². The van der Waals surface area contributed by atoms with Gasteiger partial charge in [-0.3, -0.25) is 4.79 Å². The number of carbonyl (C=O) groups is 1. The molecule has 0 atom stereocenters. The van der Waals surface area contributed by atoms with Crippen molar-refractivity contribution in [2.45, 2.75) is 38.0 Å². The van der Waals surface area contributed by atoms with E-state index in [9.17, 15) is 13.2 Å². The summed E-state index contributed by atoms with van der Waals surface area (Å²) in [5.74, 6) is -0.469. The van der Waals surface area contributed by atoms with Gasteiger partial charge in [-0.1, -0.05) is 43.2 Å². The van der Waals surface area contributed by atoms with Gasteiger partial charge < -0.3 is 9.47 Å². The fourth-order valence-electron chi connectivity index (χ4n) is 3.25. The van der Waals surface area contributed by atoms with Gasteiger partial charge in [0.05, 0.1) is 0 Å². The van der Waals surface area contributed by atoms with Gasteiger partial charge in [0.1, 0.15) is 17.3 Å². The quantitative estimate of drug-likeness (QED) is 0.776. The lowest BCUT2D eigenvalue weighted by Crippen LogP contribution is -2.36. The maximum absolute atomic E-state index is 12.5. The Kier molecular flexibility index (Phi) is 6.08. The summed E-state index contributed by atoms with van der Waals surface area (Å²) >= 11 is 0. The van der Waals surface area contributed by atoms with E-state index in [4.69, 9.17) is 0 Å². The number of hydrogen-bond donors (Lipinski definition) is 0. The van der Waals surface area contributed by atoms with Crippen LogP contribution < -0.4 is 0 Å². The predicted molar refractivity (Wildman–Crippen MR) is 100 cm³/mol.